The summed E-state index contributed by atoms with van der Waals surface area (Å²) < 4.78 is 24.0. The molecule has 6 N–H and O–H groups in total. The van der Waals surface area contributed by atoms with Gasteiger partial charge in [0.25, 0.3) is 0 Å². The third-order valence-corrected chi connectivity index (χ3v) is 11.5. The highest BCUT2D eigenvalue weighted by Crippen LogP contribution is 2.62. The molecule has 10 heteroatoms. The van der Waals surface area contributed by atoms with E-state index in [2.05, 4.69) is 40.3 Å². The Morgan fingerprint density at radius 1 is 0.952 bits per heavy atom. The quantitative estimate of drug-likeness (QED) is 0.229. The first kappa shape index (κ1) is 34.0. The summed E-state index contributed by atoms with van der Waals surface area (Å²) >= 11 is 0. The minimum Gasteiger partial charge on any atom is -0.392 e. The number of aliphatic hydroxyl groups excluding tert-OH is 6. The van der Waals surface area contributed by atoms with Gasteiger partial charge in [-0.2, -0.15) is 0 Å². The van der Waals surface area contributed by atoms with Gasteiger partial charge >= 0.3 is 0 Å². The first-order chi connectivity index (χ1) is 19.5. The molecule has 0 aromatic rings. The molecule has 1 saturated carbocycles. The van der Waals surface area contributed by atoms with Crippen LogP contribution in [0.3, 0.4) is 0 Å². The monoisotopic (exact) mass is 598 g/mol. The summed E-state index contributed by atoms with van der Waals surface area (Å²) in [6.45, 7) is 18.0. The first-order valence-electron chi connectivity index (χ1n) is 15.5. The second-order valence-corrected chi connectivity index (χ2v) is 14.1. The molecule has 42 heavy (non-hydrogen) atoms. The molecular formula is C32H54O10. The van der Waals surface area contributed by atoms with Gasteiger partial charge in [-0.25, -0.2) is 0 Å². The van der Waals surface area contributed by atoms with Crippen LogP contribution in [0, 0.1) is 22.7 Å². The van der Waals surface area contributed by atoms with Gasteiger partial charge in [0.2, 0.25) is 0 Å². The van der Waals surface area contributed by atoms with Crippen molar-refractivity contribution in [2.24, 2.45) is 22.7 Å². The van der Waals surface area contributed by atoms with E-state index < -0.39 is 73.1 Å². The summed E-state index contributed by atoms with van der Waals surface area (Å²) in [5, 5.41) is 63.7. The third kappa shape index (κ3) is 5.89. The average molecular weight is 599 g/mol. The van der Waals surface area contributed by atoms with E-state index >= 15 is 0 Å². The summed E-state index contributed by atoms with van der Waals surface area (Å²) in [6, 6.07) is 0. The number of allylic oxidation sites excluding steroid dienone is 1. The van der Waals surface area contributed by atoms with E-state index in [4.69, 9.17) is 18.9 Å². The van der Waals surface area contributed by atoms with Gasteiger partial charge in [0.1, 0.15) is 36.6 Å². The highest BCUT2D eigenvalue weighted by molar-refractivity contribution is 5.23. The molecule has 0 bridgehead atoms. The van der Waals surface area contributed by atoms with Crippen LogP contribution >= 0.6 is 0 Å². The molecular weight excluding hydrogens is 544 g/mol. The van der Waals surface area contributed by atoms with E-state index in [1.165, 1.54) is 12.5 Å². The third-order valence-electron chi connectivity index (χ3n) is 11.5. The topological polar surface area (TPSA) is 158 Å². The molecule has 0 spiro atoms. The SMILES string of the molecule is C=CC(C)(CCC1(C)C(C)CC(O)C2(C)C(C)=CCCC12)OC1OC(C)C(O)C(O)C1OC1OC(C)C(O)C(O)C1O. The average Bonchev–Trinajstić information content (AvgIpc) is 2.94. The Bertz CT molecular complexity index is 990. The molecule has 2 aliphatic carbocycles. The Hall–Kier alpha value is -0.920. The van der Waals surface area contributed by atoms with Gasteiger partial charge < -0.3 is 49.6 Å². The van der Waals surface area contributed by atoms with E-state index in [0.29, 0.717) is 12.8 Å². The second kappa shape index (κ2) is 12.5. The van der Waals surface area contributed by atoms with Gasteiger partial charge in [0.05, 0.1) is 23.9 Å². The number of ether oxygens (including phenoxy) is 4. The predicted octanol–water partition coefficient (Wildman–Crippen LogP) is 2.18. The van der Waals surface area contributed by atoms with Crippen molar-refractivity contribution in [1.82, 2.24) is 0 Å². The van der Waals surface area contributed by atoms with Crippen LogP contribution in [-0.4, -0.2) is 104 Å². The van der Waals surface area contributed by atoms with E-state index in [1.54, 1.807) is 13.0 Å². The molecule has 3 fully saturated rings. The maximum atomic E-state index is 11.2. The van der Waals surface area contributed by atoms with Crippen LogP contribution in [0.4, 0.5) is 0 Å². The molecule has 4 rings (SSSR count). The Morgan fingerprint density at radius 3 is 2.17 bits per heavy atom. The Kier molecular flexibility index (Phi) is 10.1. The van der Waals surface area contributed by atoms with Crippen molar-refractivity contribution in [2.75, 3.05) is 0 Å². The lowest BCUT2D eigenvalue weighted by molar-refractivity contribution is -0.370. The lowest BCUT2D eigenvalue weighted by Crippen LogP contribution is -2.64. The molecule has 16 unspecified atom stereocenters. The van der Waals surface area contributed by atoms with Gasteiger partial charge in [-0.3, -0.25) is 0 Å². The van der Waals surface area contributed by atoms with Crippen LogP contribution in [0.15, 0.2) is 24.3 Å². The first-order valence-corrected chi connectivity index (χ1v) is 15.5. The van der Waals surface area contributed by atoms with Crippen LogP contribution in [0.1, 0.15) is 80.6 Å². The van der Waals surface area contributed by atoms with Gasteiger partial charge in [-0.05, 0) is 77.0 Å². The van der Waals surface area contributed by atoms with Crippen LogP contribution in [-0.2, 0) is 18.9 Å². The molecule has 0 radical (unpaired) electrons. The number of hydrogen-bond acceptors (Lipinski definition) is 10. The van der Waals surface area contributed by atoms with Crippen LogP contribution in [0.2, 0.25) is 0 Å². The Labute approximate surface area is 250 Å². The fourth-order valence-electron chi connectivity index (χ4n) is 7.90. The zero-order valence-corrected chi connectivity index (χ0v) is 26.2. The van der Waals surface area contributed by atoms with Crippen molar-refractivity contribution in [1.29, 1.82) is 0 Å². The summed E-state index contributed by atoms with van der Waals surface area (Å²) in [5.74, 6) is 0.564. The van der Waals surface area contributed by atoms with Gasteiger partial charge in [-0.1, -0.05) is 38.5 Å². The van der Waals surface area contributed by atoms with Gasteiger partial charge in [-0.15, -0.1) is 6.58 Å². The molecule has 242 valence electrons. The van der Waals surface area contributed by atoms with E-state index in [1.807, 2.05) is 6.92 Å². The van der Waals surface area contributed by atoms with Crippen molar-refractivity contribution < 1.29 is 49.6 Å². The van der Waals surface area contributed by atoms with Crippen LogP contribution in [0.25, 0.3) is 0 Å². The van der Waals surface area contributed by atoms with Crippen molar-refractivity contribution in [3.05, 3.63) is 24.3 Å². The highest BCUT2D eigenvalue weighted by atomic mass is 16.8. The molecule has 2 saturated heterocycles. The molecule has 0 aromatic carbocycles. The summed E-state index contributed by atoms with van der Waals surface area (Å²) in [7, 11) is 0. The number of fused-ring (bicyclic) bond motifs is 1. The number of aliphatic hydroxyl groups is 6. The lowest BCUT2D eigenvalue weighted by atomic mass is 9.46. The number of rotatable bonds is 8. The molecule has 4 aliphatic rings. The predicted molar refractivity (Wildman–Crippen MR) is 155 cm³/mol. The van der Waals surface area contributed by atoms with E-state index in [0.717, 1.165) is 19.3 Å². The highest BCUT2D eigenvalue weighted by Gasteiger charge is 2.58. The van der Waals surface area contributed by atoms with E-state index in [-0.39, 0.29) is 22.7 Å². The molecule has 2 heterocycles. The minimum atomic E-state index is -1.60. The maximum Gasteiger partial charge on any atom is 0.187 e. The normalized spacial score (nSPS) is 51.3. The zero-order valence-electron chi connectivity index (χ0n) is 26.2. The zero-order chi connectivity index (χ0) is 31.4. The summed E-state index contributed by atoms with van der Waals surface area (Å²) in [4.78, 5) is 0. The van der Waals surface area contributed by atoms with Crippen LogP contribution in [0.5, 0.6) is 0 Å². The van der Waals surface area contributed by atoms with E-state index in [9.17, 15) is 30.6 Å². The standard InChI is InChI=1S/C32H54O10/c1-9-30(6,13-14-31(7)17(3)15-21(33)32(8)16(2)11-10-12-20(31)32)42-29-27(25(37)23(35)19(5)40-29)41-28-26(38)24(36)22(34)18(4)39-28/h9,11,17-29,33-38H,1,10,12-15H2,2-8H3. The molecule has 0 amide bonds. The Balaban J connectivity index is 1.54. The molecule has 0 aromatic heterocycles. The largest absolute Gasteiger partial charge is 0.392 e. The lowest BCUT2D eigenvalue weighted by Gasteiger charge is -2.60. The second-order valence-electron chi connectivity index (χ2n) is 14.1. The fraction of sp³-hybridized carbons (Fsp3) is 0.875. The van der Waals surface area contributed by atoms with Crippen LogP contribution < -0.4 is 0 Å². The summed E-state index contributed by atoms with van der Waals surface area (Å²) in [5.41, 5.74) is -0.0420. The minimum absolute atomic E-state index is 0.0867. The fourth-order valence-corrected chi connectivity index (χ4v) is 7.90. The smallest absolute Gasteiger partial charge is 0.187 e. The molecule has 16 atom stereocenters. The molecule has 10 nitrogen and oxygen atoms in total. The molecule has 2 aliphatic heterocycles. The Morgan fingerprint density at radius 2 is 1.55 bits per heavy atom. The van der Waals surface area contributed by atoms with Crippen molar-refractivity contribution >= 4 is 0 Å². The number of hydrogen-bond donors (Lipinski definition) is 6. The summed E-state index contributed by atoms with van der Waals surface area (Å²) in [6.07, 6.45) is -5.01. The van der Waals surface area contributed by atoms with Crippen molar-refractivity contribution in [2.45, 2.75) is 154 Å². The maximum absolute atomic E-state index is 11.2. The van der Waals surface area contributed by atoms with Crippen molar-refractivity contribution in [3.63, 3.8) is 0 Å². The van der Waals surface area contributed by atoms with Crippen molar-refractivity contribution in [3.8, 4) is 0 Å². The van der Waals surface area contributed by atoms with Gasteiger partial charge in [0, 0.05) is 5.41 Å². The van der Waals surface area contributed by atoms with Gasteiger partial charge in [0.15, 0.2) is 12.6 Å².